The normalized spacial score (nSPS) is 13.6. The lowest BCUT2D eigenvalue weighted by Crippen LogP contribution is -2.18. The molecule has 212 valence electrons. The van der Waals surface area contributed by atoms with Gasteiger partial charge in [-0.15, -0.1) is 0 Å². The van der Waals surface area contributed by atoms with E-state index in [0.717, 1.165) is 18.5 Å². The van der Waals surface area contributed by atoms with Gasteiger partial charge in [0.15, 0.2) is 5.78 Å². The third-order valence-corrected chi connectivity index (χ3v) is 7.95. The SMILES string of the molecule is CNC(=O)c1c(-c2ccc(F)cc2)oc2ccc(-c3cc(C(=O)CC4(c5cnccn5)CC4)c(OC)cc3C)c(F)c12. The number of rotatable bonds is 8. The van der Waals surface area contributed by atoms with Crippen molar-refractivity contribution < 1.29 is 27.5 Å². The minimum atomic E-state index is -0.673. The molecule has 42 heavy (non-hydrogen) atoms. The van der Waals surface area contributed by atoms with Crippen LogP contribution >= 0.6 is 0 Å². The summed E-state index contributed by atoms with van der Waals surface area (Å²) in [6.45, 7) is 1.80. The lowest BCUT2D eigenvalue weighted by Gasteiger charge is -2.17. The highest BCUT2D eigenvalue weighted by molar-refractivity contribution is 6.12. The third kappa shape index (κ3) is 4.60. The number of ether oxygens (including phenoxy) is 1. The Kier molecular flexibility index (Phi) is 6.80. The van der Waals surface area contributed by atoms with Gasteiger partial charge in [0.1, 0.15) is 28.7 Å². The van der Waals surface area contributed by atoms with Crippen molar-refractivity contribution in [3.63, 3.8) is 0 Å². The van der Waals surface area contributed by atoms with Gasteiger partial charge in [0.25, 0.3) is 5.91 Å². The number of Topliss-reactive ketones (excluding diaryl/α,β-unsaturated/α-hetero) is 1. The molecule has 2 aromatic heterocycles. The minimum Gasteiger partial charge on any atom is -0.496 e. The number of amides is 1. The van der Waals surface area contributed by atoms with E-state index < -0.39 is 17.5 Å². The second-order valence-electron chi connectivity index (χ2n) is 10.5. The minimum absolute atomic E-state index is 0.000526. The molecular weight excluding hydrogens is 540 g/mol. The molecule has 6 rings (SSSR count). The molecule has 5 aromatic rings. The van der Waals surface area contributed by atoms with Gasteiger partial charge in [0.2, 0.25) is 0 Å². The van der Waals surface area contributed by atoms with Crippen LogP contribution in [0.15, 0.2) is 71.5 Å². The maximum Gasteiger partial charge on any atom is 0.255 e. The van der Waals surface area contributed by atoms with E-state index in [1.807, 2.05) is 0 Å². The van der Waals surface area contributed by atoms with Gasteiger partial charge in [-0.3, -0.25) is 19.6 Å². The molecule has 1 N–H and O–H groups in total. The number of carbonyl (C=O) groups excluding carboxylic acids is 2. The van der Waals surface area contributed by atoms with Crippen LogP contribution in [0, 0.1) is 18.6 Å². The van der Waals surface area contributed by atoms with Crippen LogP contribution < -0.4 is 10.1 Å². The van der Waals surface area contributed by atoms with E-state index in [0.29, 0.717) is 28.0 Å². The van der Waals surface area contributed by atoms with Crippen LogP contribution in [0.4, 0.5) is 8.78 Å². The molecule has 1 aliphatic rings. The highest BCUT2D eigenvalue weighted by Crippen LogP contribution is 2.51. The molecule has 7 nitrogen and oxygen atoms in total. The van der Waals surface area contributed by atoms with Crippen molar-refractivity contribution in [2.24, 2.45) is 0 Å². The first-order valence-corrected chi connectivity index (χ1v) is 13.5. The average Bonchev–Trinajstić information content (AvgIpc) is 3.68. The maximum absolute atomic E-state index is 16.5. The number of carbonyl (C=O) groups is 2. The Morgan fingerprint density at radius 3 is 2.45 bits per heavy atom. The number of hydrogen-bond acceptors (Lipinski definition) is 6. The molecule has 0 radical (unpaired) electrons. The van der Waals surface area contributed by atoms with Crippen LogP contribution in [0.1, 0.15) is 51.2 Å². The van der Waals surface area contributed by atoms with Gasteiger partial charge in [0.05, 0.1) is 29.3 Å². The molecule has 0 saturated heterocycles. The Morgan fingerprint density at radius 1 is 1.05 bits per heavy atom. The largest absolute Gasteiger partial charge is 0.496 e. The molecule has 1 saturated carbocycles. The van der Waals surface area contributed by atoms with Gasteiger partial charge in [-0.25, -0.2) is 8.78 Å². The lowest BCUT2D eigenvalue weighted by atomic mass is 9.89. The second-order valence-corrected chi connectivity index (χ2v) is 10.5. The Bertz CT molecular complexity index is 1850. The smallest absolute Gasteiger partial charge is 0.255 e. The van der Waals surface area contributed by atoms with Gasteiger partial charge >= 0.3 is 0 Å². The van der Waals surface area contributed by atoms with Gasteiger partial charge in [-0.1, -0.05) is 0 Å². The molecule has 1 aliphatic carbocycles. The fraction of sp³-hybridized carbons (Fsp3) is 0.212. The Hall–Kier alpha value is -4.92. The zero-order valence-corrected chi connectivity index (χ0v) is 23.3. The van der Waals surface area contributed by atoms with Crippen LogP contribution in [0.3, 0.4) is 0 Å². The van der Waals surface area contributed by atoms with Crippen LogP contribution in [0.5, 0.6) is 5.75 Å². The molecule has 0 bridgehead atoms. The summed E-state index contributed by atoms with van der Waals surface area (Å²) in [4.78, 5) is 35.3. The molecule has 1 fully saturated rings. The summed E-state index contributed by atoms with van der Waals surface area (Å²) in [5, 5.41) is 2.54. The van der Waals surface area contributed by atoms with Crippen molar-refractivity contribution in [3.8, 4) is 28.2 Å². The zero-order valence-electron chi connectivity index (χ0n) is 23.3. The quantitative estimate of drug-likeness (QED) is 0.207. The number of ketones is 1. The molecule has 0 spiro atoms. The monoisotopic (exact) mass is 567 g/mol. The fourth-order valence-electron chi connectivity index (χ4n) is 5.51. The van der Waals surface area contributed by atoms with E-state index in [1.54, 1.807) is 49.8 Å². The molecule has 0 atom stereocenters. The number of aromatic nitrogens is 2. The van der Waals surface area contributed by atoms with Crippen molar-refractivity contribution in [1.82, 2.24) is 15.3 Å². The van der Waals surface area contributed by atoms with Crippen LogP contribution in [0.2, 0.25) is 0 Å². The van der Waals surface area contributed by atoms with Crippen molar-refractivity contribution in [3.05, 3.63) is 101 Å². The topological polar surface area (TPSA) is 94.3 Å². The van der Waals surface area contributed by atoms with Crippen LogP contribution in [0.25, 0.3) is 33.4 Å². The number of furan rings is 1. The van der Waals surface area contributed by atoms with Crippen molar-refractivity contribution in [2.75, 3.05) is 14.2 Å². The summed E-state index contributed by atoms with van der Waals surface area (Å²) >= 11 is 0. The number of halogens is 2. The molecule has 2 heterocycles. The van der Waals surface area contributed by atoms with E-state index in [-0.39, 0.29) is 45.5 Å². The predicted molar refractivity (Wildman–Crippen MR) is 154 cm³/mol. The second kappa shape index (κ2) is 10.5. The third-order valence-electron chi connectivity index (χ3n) is 7.95. The summed E-state index contributed by atoms with van der Waals surface area (Å²) < 4.78 is 41.6. The number of benzene rings is 3. The first-order valence-electron chi connectivity index (χ1n) is 13.5. The lowest BCUT2D eigenvalue weighted by molar-refractivity contribution is 0.0957. The fourth-order valence-corrected chi connectivity index (χ4v) is 5.51. The number of aryl methyl sites for hydroxylation is 1. The predicted octanol–water partition coefficient (Wildman–Crippen LogP) is 6.82. The number of nitrogens with zero attached hydrogens (tertiary/aromatic N) is 2. The van der Waals surface area contributed by atoms with Crippen LogP contribution in [-0.4, -0.2) is 35.8 Å². The standard InChI is InChI=1S/C33H27F2N3O4/c1-18-14-26(41-3)23(24(39)16-33(10-11-33)27-17-37-12-13-38-27)15-22(18)21-8-9-25-28(30(21)35)29(32(40)36-2)31(42-25)19-4-6-20(34)7-5-19/h4-9,12-15,17H,10-11,16H2,1-3H3,(H,36,40). The molecule has 9 heteroatoms. The molecule has 0 unspecified atom stereocenters. The first kappa shape index (κ1) is 27.3. The summed E-state index contributed by atoms with van der Waals surface area (Å²) in [5.41, 5.74) is 2.69. The molecule has 1 amide bonds. The maximum atomic E-state index is 16.5. The molecule has 3 aromatic carbocycles. The number of hydrogen-bond donors (Lipinski definition) is 1. The zero-order chi connectivity index (χ0) is 29.6. The Morgan fingerprint density at radius 2 is 1.81 bits per heavy atom. The number of nitrogens with one attached hydrogen (secondary N) is 1. The van der Waals surface area contributed by atoms with E-state index in [4.69, 9.17) is 9.15 Å². The summed E-state index contributed by atoms with van der Waals surface area (Å²) in [6, 6.07) is 11.9. The van der Waals surface area contributed by atoms with Gasteiger partial charge in [0, 0.05) is 48.6 Å². The number of fused-ring (bicyclic) bond motifs is 1. The average molecular weight is 568 g/mol. The highest BCUT2D eigenvalue weighted by Gasteiger charge is 2.47. The van der Waals surface area contributed by atoms with Crippen molar-refractivity contribution >= 4 is 22.7 Å². The summed E-state index contributed by atoms with van der Waals surface area (Å²) in [6.07, 6.45) is 6.77. The number of methoxy groups -OCH3 is 1. The van der Waals surface area contributed by atoms with Gasteiger partial charge in [-0.2, -0.15) is 0 Å². The molecular formula is C33H27F2N3O4. The van der Waals surface area contributed by atoms with Crippen molar-refractivity contribution in [1.29, 1.82) is 0 Å². The summed E-state index contributed by atoms with van der Waals surface area (Å²) in [7, 11) is 2.93. The Labute approximate surface area is 240 Å². The summed E-state index contributed by atoms with van der Waals surface area (Å²) in [5.74, 6) is -1.30. The Balaban J connectivity index is 1.47. The highest BCUT2D eigenvalue weighted by atomic mass is 19.1. The molecule has 0 aliphatic heterocycles. The van der Waals surface area contributed by atoms with E-state index in [2.05, 4.69) is 15.3 Å². The van der Waals surface area contributed by atoms with Crippen LogP contribution in [-0.2, 0) is 5.41 Å². The van der Waals surface area contributed by atoms with E-state index in [9.17, 15) is 14.0 Å². The van der Waals surface area contributed by atoms with E-state index >= 15 is 4.39 Å². The van der Waals surface area contributed by atoms with Crippen molar-refractivity contribution in [2.45, 2.75) is 31.6 Å². The van der Waals surface area contributed by atoms with E-state index in [1.165, 1.54) is 38.4 Å². The van der Waals surface area contributed by atoms with Gasteiger partial charge in [-0.05, 0) is 79.4 Å². The van der Waals surface area contributed by atoms with Gasteiger partial charge < -0.3 is 14.5 Å². The first-order chi connectivity index (χ1) is 20.3.